The van der Waals surface area contributed by atoms with Crippen molar-refractivity contribution in [2.45, 2.75) is 52.4 Å². The van der Waals surface area contributed by atoms with E-state index in [0.717, 1.165) is 16.0 Å². The van der Waals surface area contributed by atoms with Crippen molar-refractivity contribution in [3.8, 4) is 5.88 Å². The van der Waals surface area contributed by atoms with Gasteiger partial charge in [-0.1, -0.05) is 41.5 Å². The summed E-state index contributed by atoms with van der Waals surface area (Å²) in [7, 11) is 1.63. The highest BCUT2D eigenvalue weighted by Crippen LogP contribution is 2.35. The minimum Gasteiger partial charge on any atom is -0.480 e. The number of halogens is 1. The zero-order valence-electron chi connectivity index (χ0n) is 11.7. The first-order chi connectivity index (χ1) is 7.57. The second kappa shape index (κ2) is 4.56. The minimum atomic E-state index is -0.0893. The summed E-state index contributed by atoms with van der Waals surface area (Å²) in [5, 5.41) is 0. The number of nitrogens with zero attached hydrogens (tertiary/aromatic N) is 2. The lowest BCUT2D eigenvalue weighted by molar-refractivity contribution is 0.380. The molecule has 4 heteroatoms. The predicted octanol–water partition coefficient (Wildman–Crippen LogP) is 3.84. The van der Waals surface area contributed by atoms with Crippen LogP contribution < -0.4 is 4.74 Å². The van der Waals surface area contributed by atoms with Crippen LogP contribution in [0.1, 0.15) is 53.1 Å². The average Bonchev–Trinajstić information content (AvgIpc) is 2.14. The van der Waals surface area contributed by atoms with Crippen molar-refractivity contribution in [1.29, 1.82) is 0 Å². The molecule has 1 aromatic rings. The molecule has 96 valence electrons. The van der Waals surface area contributed by atoms with Crippen molar-refractivity contribution in [2.75, 3.05) is 7.11 Å². The fourth-order valence-electron chi connectivity index (χ4n) is 1.39. The molecule has 17 heavy (non-hydrogen) atoms. The smallest absolute Gasteiger partial charge is 0.231 e. The Morgan fingerprint density at radius 2 is 1.47 bits per heavy atom. The van der Waals surface area contributed by atoms with E-state index in [1.165, 1.54) is 0 Å². The Morgan fingerprint density at radius 3 is 1.82 bits per heavy atom. The number of methoxy groups -OCH3 is 1. The van der Waals surface area contributed by atoms with Gasteiger partial charge >= 0.3 is 0 Å². The van der Waals surface area contributed by atoms with Crippen LogP contribution in [0.2, 0.25) is 0 Å². The third kappa shape index (κ3) is 3.18. The molecule has 0 aliphatic carbocycles. The van der Waals surface area contributed by atoms with Crippen molar-refractivity contribution in [3.05, 3.63) is 16.0 Å². The van der Waals surface area contributed by atoms with E-state index in [0.29, 0.717) is 5.88 Å². The zero-order valence-corrected chi connectivity index (χ0v) is 13.3. The Balaban J connectivity index is 3.50. The maximum Gasteiger partial charge on any atom is 0.231 e. The van der Waals surface area contributed by atoms with Crippen LogP contribution >= 0.6 is 15.9 Å². The third-order valence-electron chi connectivity index (χ3n) is 2.40. The molecule has 3 nitrogen and oxygen atoms in total. The second-order valence-corrected chi connectivity index (χ2v) is 7.01. The second-order valence-electron chi connectivity index (χ2n) is 6.22. The molecule has 0 aromatic carbocycles. The van der Waals surface area contributed by atoms with Gasteiger partial charge in [-0.2, -0.15) is 4.98 Å². The van der Waals surface area contributed by atoms with Gasteiger partial charge in [0.1, 0.15) is 10.3 Å². The molecule has 0 N–H and O–H groups in total. The molecule has 0 aliphatic rings. The Labute approximate surface area is 112 Å². The quantitative estimate of drug-likeness (QED) is 0.790. The Morgan fingerprint density at radius 1 is 0.941 bits per heavy atom. The fourth-order valence-corrected chi connectivity index (χ4v) is 2.33. The van der Waals surface area contributed by atoms with Crippen molar-refractivity contribution in [3.63, 3.8) is 0 Å². The predicted molar refractivity (Wildman–Crippen MR) is 73.7 cm³/mol. The van der Waals surface area contributed by atoms with Crippen LogP contribution in [0.3, 0.4) is 0 Å². The lowest BCUT2D eigenvalue weighted by Gasteiger charge is -2.24. The highest BCUT2D eigenvalue weighted by Gasteiger charge is 2.27. The molecule has 0 fully saturated rings. The number of ether oxygens (including phenoxy) is 1. The number of aromatic nitrogens is 2. The molecule has 1 rings (SSSR count). The first-order valence-electron chi connectivity index (χ1n) is 5.70. The molecule has 1 heterocycles. The van der Waals surface area contributed by atoms with Gasteiger partial charge in [0.15, 0.2) is 0 Å². The van der Waals surface area contributed by atoms with Gasteiger partial charge in [-0.15, -0.1) is 0 Å². The van der Waals surface area contributed by atoms with E-state index in [-0.39, 0.29) is 10.8 Å². The Kier molecular flexibility index (Phi) is 3.87. The van der Waals surface area contributed by atoms with E-state index in [4.69, 9.17) is 4.74 Å². The van der Waals surface area contributed by atoms with Gasteiger partial charge in [-0.05, 0) is 15.9 Å². The molecule has 0 saturated carbocycles. The molecule has 1 aromatic heterocycles. The van der Waals surface area contributed by atoms with Crippen LogP contribution in [0, 0.1) is 0 Å². The van der Waals surface area contributed by atoms with Crippen LogP contribution in [0.5, 0.6) is 5.88 Å². The van der Waals surface area contributed by atoms with E-state index >= 15 is 0 Å². The molecule has 0 saturated heterocycles. The summed E-state index contributed by atoms with van der Waals surface area (Å²) < 4.78 is 6.17. The van der Waals surface area contributed by atoms with Gasteiger partial charge in [0.25, 0.3) is 0 Å². The fraction of sp³-hybridized carbons (Fsp3) is 0.692. The van der Waals surface area contributed by atoms with Gasteiger partial charge in [-0.3, -0.25) is 0 Å². The largest absolute Gasteiger partial charge is 0.480 e. The van der Waals surface area contributed by atoms with E-state index in [1.807, 2.05) is 0 Å². The summed E-state index contributed by atoms with van der Waals surface area (Å²) in [5.41, 5.74) is 0.845. The normalized spacial score (nSPS) is 12.7. The SMILES string of the molecule is COc1nc(C(C)(C)C)nc(C(C)(C)C)c1Br. The van der Waals surface area contributed by atoms with Crippen LogP contribution in [-0.2, 0) is 10.8 Å². The van der Waals surface area contributed by atoms with E-state index in [1.54, 1.807) is 7.11 Å². The summed E-state index contributed by atoms with van der Waals surface area (Å²) in [4.78, 5) is 9.14. The Hall–Kier alpha value is -0.640. The van der Waals surface area contributed by atoms with Gasteiger partial charge in [0.05, 0.1) is 12.8 Å². The maximum atomic E-state index is 5.32. The van der Waals surface area contributed by atoms with E-state index < -0.39 is 0 Å². The number of rotatable bonds is 1. The van der Waals surface area contributed by atoms with Crippen molar-refractivity contribution in [1.82, 2.24) is 9.97 Å². The standard InChI is InChI=1S/C13H21BrN2O/c1-12(2,3)9-8(14)10(17-7)16-11(15-9)13(4,5)6/h1-7H3. The van der Waals surface area contributed by atoms with Crippen molar-refractivity contribution in [2.24, 2.45) is 0 Å². The molecule has 0 radical (unpaired) electrons. The molecule has 0 aliphatic heterocycles. The lowest BCUT2D eigenvalue weighted by atomic mass is 9.90. The number of hydrogen-bond donors (Lipinski definition) is 0. The highest BCUT2D eigenvalue weighted by atomic mass is 79.9. The number of hydrogen-bond acceptors (Lipinski definition) is 3. The van der Waals surface area contributed by atoms with Crippen molar-refractivity contribution < 1.29 is 4.74 Å². The summed E-state index contributed by atoms with van der Waals surface area (Å²) in [6, 6.07) is 0. The Bertz CT molecular complexity index is 417. The molecule has 0 atom stereocenters. The van der Waals surface area contributed by atoms with Crippen LogP contribution in [0.15, 0.2) is 4.47 Å². The maximum absolute atomic E-state index is 5.32. The third-order valence-corrected chi connectivity index (χ3v) is 3.11. The van der Waals surface area contributed by atoms with Crippen molar-refractivity contribution >= 4 is 15.9 Å². The van der Waals surface area contributed by atoms with Crippen LogP contribution in [-0.4, -0.2) is 17.1 Å². The van der Waals surface area contributed by atoms with E-state index in [2.05, 4.69) is 67.4 Å². The molecule has 0 unspecified atom stereocenters. The van der Waals surface area contributed by atoms with Gasteiger partial charge < -0.3 is 4.74 Å². The first kappa shape index (κ1) is 14.4. The zero-order chi connectivity index (χ0) is 13.4. The summed E-state index contributed by atoms with van der Waals surface area (Å²) in [6.45, 7) is 12.7. The van der Waals surface area contributed by atoms with Gasteiger partial charge in [-0.25, -0.2) is 4.98 Å². The molecule has 0 amide bonds. The van der Waals surface area contributed by atoms with Crippen LogP contribution in [0.4, 0.5) is 0 Å². The van der Waals surface area contributed by atoms with Gasteiger partial charge in [0.2, 0.25) is 5.88 Å². The summed E-state index contributed by atoms with van der Waals surface area (Å²) in [6.07, 6.45) is 0. The molecular weight excluding hydrogens is 280 g/mol. The highest BCUT2D eigenvalue weighted by molar-refractivity contribution is 9.10. The average molecular weight is 301 g/mol. The van der Waals surface area contributed by atoms with E-state index in [9.17, 15) is 0 Å². The molecular formula is C13H21BrN2O. The summed E-state index contributed by atoms with van der Waals surface area (Å²) in [5.74, 6) is 1.41. The monoisotopic (exact) mass is 300 g/mol. The molecule has 0 spiro atoms. The molecule has 0 bridgehead atoms. The lowest BCUT2D eigenvalue weighted by Crippen LogP contribution is -2.22. The minimum absolute atomic E-state index is 0.0466. The topological polar surface area (TPSA) is 35.0 Å². The van der Waals surface area contributed by atoms with Crippen LogP contribution in [0.25, 0.3) is 0 Å². The summed E-state index contributed by atoms with van der Waals surface area (Å²) >= 11 is 3.53. The first-order valence-corrected chi connectivity index (χ1v) is 6.49. The van der Waals surface area contributed by atoms with Gasteiger partial charge in [0, 0.05) is 10.8 Å².